The average molecular weight is 344 g/mol. The molecular weight excluding hydrogens is 325 g/mol. The van der Waals surface area contributed by atoms with E-state index >= 15 is 0 Å². The maximum atomic E-state index is 14.3. The fourth-order valence-corrected chi connectivity index (χ4v) is 2.88. The maximum absolute atomic E-state index is 14.3. The average Bonchev–Trinajstić information content (AvgIpc) is 2.95. The topological polar surface area (TPSA) is 49.6 Å². The molecule has 6 heteroatoms. The van der Waals surface area contributed by atoms with E-state index in [1.54, 1.807) is 24.1 Å². The molecule has 1 aliphatic heterocycles. The molecule has 0 atom stereocenters. The van der Waals surface area contributed by atoms with Gasteiger partial charge in [0.05, 0.1) is 16.7 Å². The molecule has 110 valence electrons. The summed E-state index contributed by atoms with van der Waals surface area (Å²) in [6, 6.07) is 3.44. The van der Waals surface area contributed by atoms with E-state index in [0.717, 1.165) is 25.9 Å². The van der Waals surface area contributed by atoms with Gasteiger partial charge in [-0.05, 0) is 40.4 Å². The molecule has 0 aromatic heterocycles. The second-order valence-corrected chi connectivity index (χ2v) is 5.81. The zero-order valence-electron chi connectivity index (χ0n) is 11.5. The third kappa shape index (κ3) is 3.12. The van der Waals surface area contributed by atoms with Crippen molar-refractivity contribution in [2.24, 2.45) is 5.73 Å². The third-order valence-electron chi connectivity index (χ3n) is 3.60. The van der Waals surface area contributed by atoms with Crippen LogP contribution < -0.4 is 10.6 Å². The van der Waals surface area contributed by atoms with Crippen molar-refractivity contribution in [2.75, 3.05) is 31.6 Å². The molecule has 1 aliphatic rings. The van der Waals surface area contributed by atoms with E-state index in [2.05, 4.69) is 15.9 Å². The van der Waals surface area contributed by atoms with Crippen molar-refractivity contribution in [3.05, 3.63) is 28.0 Å². The van der Waals surface area contributed by atoms with Gasteiger partial charge in [0.2, 0.25) is 5.91 Å². The van der Waals surface area contributed by atoms with Gasteiger partial charge in [-0.1, -0.05) is 6.07 Å². The summed E-state index contributed by atoms with van der Waals surface area (Å²) >= 11 is 3.21. The normalized spacial score (nSPS) is 14.7. The van der Waals surface area contributed by atoms with Crippen LogP contribution in [0.4, 0.5) is 10.1 Å². The summed E-state index contributed by atoms with van der Waals surface area (Å²) in [7, 11) is 1.72. The van der Waals surface area contributed by atoms with Crippen molar-refractivity contribution < 1.29 is 9.18 Å². The Labute approximate surface area is 126 Å². The summed E-state index contributed by atoms with van der Waals surface area (Å²) in [4.78, 5) is 15.5. The second kappa shape index (κ2) is 6.54. The smallest absolute Gasteiger partial charge is 0.242 e. The minimum Gasteiger partial charge on any atom is -0.363 e. The van der Waals surface area contributed by atoms with E-state index in [0.29, 0.717) is 15.7 Å². The molecule has 4 nitrogen and oxygen atoms in total. The standard InChI is InChI=1S/C14H19BrFN3O/c1-18(9-12(20)19-6-2-3-7-19)11-5-4-10(8-17)13(15)14(11)16/h4-5H,2-3,6-9,17H2,1H3. The molecule has 1 aromatic carbocycles. The third-order valence-corrected chi connectivity index (χ3v) is 4.46. The maximum Gasteiger partial charge on any atom is 0.242 e. The molecule has 0 bridgehead atoms. The predicted molar refractivity (Wildman–Crippen MR) is 81.1 cm³/mol. The van der Waals surface area contributed by atoms with Crippen LogP contribution >= 0.6 is 15.9 Å². The number of nitrogens with two attached hydrogens (primary N) is 1. The minimum absolute atomic E-state index is 0.0448. The van der Waals surface area contributed by atoms with Crippen molar-refractivity contribution in [1.29, 1.82) is 0 Å². The molecule has 2 rings (SSSR count). The number of likely N-dealkylation sites (tertiary alicyclic amines) is 1. The number of likely N-dealkylation sites (N-methyl/N-ethyl adjacent to an activating group) is 1. The fourth-order valence-electron chi connectivity index (χ4n) is 2.39. The number of amides is 1. The van der Waals surface area contributed by atoms with E-state index in [9.17, 15) is 9.18 Å². The lowest BCUT2D eigenvalue weighted by atomic mass is 10.2. The number of halogens is 2. The molecule has 1 heterocycles. The van der Waals surface area contributed by atoms with Gasteiger partial charge in [0.25, 0.3) is 0 Å². The Bertz CT molecular complexity index is 503. The number of hydrogen-bond acceptors (Lipinski definition) is 3. The second-order valence-electron chi connectivity index (χ2n) is 5.02. The number of carbonyl (C=O) groups is 1. The Morgan fingerprint density at radius 3 is 2.70 bits per heavy atom. The van der Waals surface area contributed by atoms with Gasteiger partial charge in [-0.2, -0.15) is 0 Å². The zero-order valence-corrected chi connectivity index (χ0v) is 13.1. The van der Waals surface area contributed by atoms with Crippen molar-refractivity contribution in [3.8, 4) is 0 Å². The van der Waals surface area contributed by atoms with Crippen LogP contribution in [0.15, 0.2) is 16.6 Å². The van der Waals surface area contributed by atoms with Gasteiger partial charge in [0.1, 0.15) is 0 Å². The summed E-state index contributed by atoms with van der Waals surface area (Å²) in [5.41, 5.74) is 6.66. The highest BCUT2D eigenvalue weighted by Crippen LogP contribution is 2.28. The first-order chi connectivity index (χ1) is 9.54. The summed E-state index contributed by atoms with van der Waals surface area (Å²) in [5, 5.41) is 0. The quantitative estimate of drug-likeness (QED) is 0.910. The minimum atomic E-state index is -0.371. The van der Waals surface area contributed by atoms with Gasteiger partial charge >= 0.3 is 0 Å². The van der Waals surface area contributed by atoms with Crippen molar-refractivity contribution in [3.63, 3.8) is 0 Å². The summed E-state index contributed by atoms with van der Waals surface area (Å²) in [6.07, 6.45) is 2.11. The zero-order chi connectivity index (χ0) is 14.7. The fraction of sp³-hybridized carbons (Fsp3) is 0.500. The summed E-state index contributed by atoms with van der Waals surface area (Å²) in [5.74, 6) is -0.326. The highest BCUT2D eigenvalue weighted by Gasteiger charge is 2.21. The van der Waals surface area contributed by atoms with E-state index in [1.165, 1.54) is 0 Å². The Balaban J connectivity index is 2.10. The van der Waals surface area contributed by atoms with Crippen LogP contribution in [-0.2, 0) is 11.3 Å². The Morgan fingerprint density at radius 1 is 1.45 bits per heavy atom. The molecule has 1 aromatic rings. The number of rotatable bonds is 4. The van der Waals surface area contributed by atoms with Gasteiger partial charge in [0, 0.05) is 26.7 Å². The van der Waals surface area contributed by atoms with Gasteiger partial charge in [0.15, 0.2) is 5.82 Å². The first-order valence-electron chi connectivity index (χ1n) is 6.70. The molecule has 0 saturated carbocycles. The Morgan fingerprint density at radius 2 is 2.10 bits per heavy atom. The molecule has 20 heavy (non-hydrogen) atoms. The number of anilines is 1. The van der Waals surface area contributed by atoms with Gasteiger partial charge < -0.3 is 15.5 Å². The molecular formula is C14H19BrFN3O. The largest absolute Gasteiger partial charge is 0.363 e. The lowest BCUT2D eigenvalue weighted by Gasteiger charge is -2.24. The molecule has 0 spiro atoms. The van der Waals surface area contributed by atoms with Crippen LogP contribution in [0.3, 0.4) is 0 Å². The Kier molecular flexibility index (Phi) is 4.99. The molecule has 0 radical (unpaired) electrons. The van der Waals surface area contributed by atoms with Gasteiger partial charge in [-0.25, -0.2) is 4.39 Å². The SMILES string of the molecule is CN(CC(=O)N1CCCC1)c1ccc(CN)c(Br)c1F. The van der Waals surface area contributed by atoms with Crippen LogP contribution in [0.2, 0.25) is 0 Å². The first-order valence-corrected chi connectivity index (χ1v) is 7.49. The molecule has 1 saturated heterocycles. The number of benzene rings is 1. The lowest BCUT2D eigenvalue weighted by Crippen LogP contribution is -2.37. The van der Waals surface area contributed by atoms with E-state index in [1.807, 2.05) is 4.90 Å². The monoisotopic (exact) mass is 343 g/mol. The van der Waals surface area contributed by atoms with Crippen LogP contribution in [0.1, 0.15) is 18.4 Å². The van der Waals surface area contributed by atoms with Crippen LogP contribution in [-0.4, -0.2) is 37.5 Å². The first kappa shape index (κ1) is 15.3. The molecule has 1 amide bonds. The number of hydrogen-bond donors (Lipinski definition) is 1. The summed E-state index contributed by atoms with van der Waals surface area (Å²) in [6.45, 7) is 2.08. The predicted octanol–water partition coefficient (Wildman–Crippen LogP) is 2.11. The Hall–Kier alpha value is -1.14. The number of nitrogens with zero attached hydrogens (tertiary/aromatic N) is 2. The molecule has 0 aliphatic carbocycles. The van der Waals surface area contributed by atoms with Crippen molar-refractivity contribution >= 4 is 27.5 Å². The molecule has 1 fully saturated rings. The van der Waals surface area contributed by atoms with E-state index in [4.69, 9.17) is 5.73 Å². The lowest BCUT2D eigenvalue weighted by molar-refractivity contribution is -0.128. The summed E-state index contributed by atoms with van der Waals surface area (Å²) < 4.78 is 14.6. The number of carbonyl (C=O) groups excluding carboxylic acids is 1. The highest BCUT2D eigenvalue weighted by molar-refractivity contribution is 9.10. The van der Waals surface area contributed by atoms with Crippen molar-refractivity contribution in [1.82, 2.24) is 4.90 Å². The van der Waals surface area contributed by atoms with Crippen LogP contribution in [0.5, 0.6) is 0 Å². The van der Waals surface area contributed by atoms with Crippen LogP contribution in [0.25, 0.3) is 0 Å². The van der Waals surface area contributed by atoms with Crippen LogP contribution in [0, 0.1) is 5.82 Å². The van der Waals surface area contributed by atoms with Crippen molar-refractivity contribution in [2.45, 2.75) is 19.4 Å². The van der Waals surface area contributed by atoms with E-state index < -0.39 is 0 Å². The van der Waals surface area contributed by atoms with Gasteiger partial charge in [-0.15, -0.1) is 0 Å². The van der Waals surface area contributed by atoms with Gasteiger partial charge in [-0.3, -0.25) is 4.79 Å². The highest BCUT2D eigenvalue weighted by atomic mass is 79.9. The molecule has 0 unspecified atom stereocenters. The van der Waals surface area contributed by atoms with E-state index in [-0.39, 0.29) is 24.8 Å². The molecule has 2 N–H and O–H groups in total.